The summed E-state index contributed by atoms with van der Waals surface area (Å²) in [7, 11) is 0. The number of hydrogen-bond donors (Lipinski definition) is 2. The zero-order valence-corrected chi connectivity index (χ0v) is 7.93. The fraction of sp³-hybridized carbons (Fsp3) is 0.400. The van der Waals surface area contributed by atoms with Gasteiger partial charge in [0, 0.05) is 18.2 Å². The number of aliphatic hydroxyl groups is 1. The standard InChI is InChI=1S/C10H13F2NO/c1-10(13,2-3-14)7-4-8(11)6-9(12)5-7/h4-6,14H,2-3,13H2,1H3. The number of halogens is 2. The molecule has 0 spiro atoms. The molecule has 3 N–H and O–H groups in total. The number of aliphatic hydroxyl groups excluding tert-OH is 1. The van der Waals surface area contributed by atoms with Gasteiger partial charge in [-0.2, -0.15) is 0 Å². The molecular formula is C10H13F2NO. The normalized spacial score (nSPS) is 15.2. The van der Waals surface area contributed by atoms with E-state index in [2.05, 4.69) is 0 Å². The molecule has 1 atom stereocenters. The summed E-state index contributed by atoms with van der Waals surface area (Å²) in [4.78, 5) is 0. The second-order valence-electron chi connectivity index (χ2n) is 3.55. The highest BCUT2D eigenvalue weighted by Gasteiger charge is 2.21. The van der Waals surface area contributed by atoms with Crippen molar-refractivity contribution in [2.45, 2.75) is 18.9 Å². The van der Waals surface area contributed by atoms with Crippen LogP contribution in [0.3, 0.4) is 0 Å². The van der Waals surface area contributed by atoms with Crippen molar-refractivity contribution in [3.63, 3.8) is 0 Å². The molecule has 1 aromatic carbocycles. The van der Waals surface area contributed by atoms with Crippen LogP contribution in [0.25, 0.3) is 0 Å². The van der Waals surface area contributed by atoms with E-state index in [1.54, 1.807) is 6.92 Å². The predicted octanol–water partition coefficient (Wildman–Crippen LogP) is 1.52. The van der Waals surface area contributed by atoms with Crippen LogP contribution in [-0.2, 0) is 5.54 Å². The van der Waals surface area contributed by atoms with Gasteiger partial charge in [0.2, 0.25) is 0 Å². The summed E-state index contributed by atoms with van der Waals surface area (Å²) in [5.41, 5.74) is 5.24. The van der Waals surface area contributed by atoms with E-state index in [0.29, 0.717) is 5.56 Å². The Morgan fingerprint density at radius 3 is 2.21 bits per heavy atom. The molecule has 1 unspecified atom stereocenters. The maximum Gasteiger partial charge on any atom is 0.126 e. The lowest BCUT2D eigenvalue weighted by molar-refractivity contribution is 0.246. The molecule has 4 heteroatoms. The minimum Gasteiger partial charge on any atom is -0.396 e. The molecule has 0 saturated heterocycles. The topological polar surface area (TPSA) is 46.2 Å². The molecule has 0 aliphatic carbocycles. The van der Waals surface area contributed by atoms with Crippen LogP contribution in [0.1, 0.15) is 18.9 Å². The van der Waals surface area contributed by atoms with Gasteiger partial charge in [0.15, 0.2) is 0 Å². The van der Waals surface area contributed by atoms with Crippen molar-refractivity contribution < 1.29 is 13.9 Å². The van der Waals surface area contributed by atoms with Gasteiger partial charge in [-0.05, 0) is 31.0 Å². The Hall–Kier alpha value is -1.00. The third kappa shape index (κ3) is 2.49. The van der Waals surface area contributed by atoms with Gasteiger partial charge in [0.25, 0.3) is 0 Å². The number of rotatable bonds is 3. The summed E-state index contributed by atoms with van der Waals surface area (Å²) in [6.07, 6.45) is 0.260. The molecule has 0 heterocycles. The van der Waals surface area contributed by atoms with Crippen molar-refractivity contribution in [1.82, 2.24) is 0 Å². The molecule has 0 aromatic heterocycles. The van der Waals surface area contributed by atoms with Crippen LogP contribution in [0.2, 0.25) is 0 Å². The zero-order chi connectivity index (χ0) is 10.8. The van der Waals surface area contributed by atoms with Crippen molar-refractivity contribution in [3.05, 3.63) is 35.4 Å². The first-order chi connectivity index (χ1) is 6.45. The van der Waals surface area contributed by atoms with E-state index in [0.717, 1.165) is 6.07 Å². The lowest BCUT2D eigenvalue weighted by Crippen LogP contribution is -2.34. The SMILES string of the molecule is CC(N)(CCO)c1cc(F)cc(F)c1. The van der Waals surface area contributed by atoms with Gasteiger partial charge < -0.3 is 10.8 Å². The first kappa shape index (κ1) is 11.1. The Balaban J connectivity index is 3.05. The molecule has 14 heavy (non-hydrogen) atoms. The molecule has 0 saturated carbocycles. The maximum absolute atomic E-state index is 12.8. The highest BCUT2D eigenvalue weighted by Crippen LogP contribution is 2.22. The molecule has 0 fully saturated rings. The van der Waals surface area contributed by atoms with Crippen molar-refractivity contribution in [1.29, 1.82) is 0 Å². The number of benzene rings is 1. The third-order valence-corrected chi connectivity index (χ3v) is 2.15. The van der Waals surface area contributed by atoms with Gasteiger partial charge in [-0.15, -0.1) is 0 Å². The van der Waals surface area contributed by atoms with E-state index in [1.807, 2.05) is 0 Å². The van der Waals surface area contributed by atoms with Crippen molar-refractivity contribution >= 4 is 0 Å². The highest BCUT2D eigenvalue weighted by atomic mass is 19.1. The van der Waals surface area contributed by atoms with Gasteiger partial charge in [-0.3, -0.25) is 0 Å². The van der Waals surface area contributed by atoms with E-state index >= 15 is 0 Å². The van der Waals surface area contributed by atoms with Crippen molar-refractivity contribution in [2.24, 2.45) is 5.73 Å². The molecular weight excluding hydrogens is 188 g/mol. The number of hydrogen-bond acceptors (Lipinski definition) is 2. The minimum atomic E-state index is -0.905. The van der Waals surface area contributed by atoms with Crippen molar-refractivity contribution in [2.75, 3.05) is 6.61 Å². The number of nitrogens with two attached hydrogens (primary N) is 1. The van der Waals surface area contributed by atoms with E-state index in [-0.39, 0.29) is 13.0 Å². The molecule has 0 aliphatic heterocycles. The first-order valence-electron chi connectivity index (χ1n) is 4.32. The van der Waals surface area contributed by atoms with E-state index < -0.39 is 17.2 Å². The van der Waals surface area contributed by atoms with Gasteiger partial charge >= 0.3 is 0 Å². The summed E-state index contributed by atoms with van der Waals surface area (Å²) >= 11 is 0. The van der Waals surface area contributed by atoms with Crippen LogP contribution in [0.5, 0.6) is 0 Å². The Kier molecular flexibility index (Phi) is 3.18. The molecule has 2 nitrogen and oxygen atoms in total. The van der Waals surface area contributed by atoms with Gasteiger partial charge in [0.05, 0.1) is 0 Å². The highest BCUT2D eigenvalue weighted by molar-refractivity contribution is 5.24. The van der Waals surface area contributed by atoms with Gasteiger partial charge in [0.1, 0.15) is 11.6 Å². The molecule has 1 rings (SSSR count). The average Bonchev–Trinajstić information content (AvgIpc) is 2.02. The lowest BCUT2D eigenvalue weighted by Gasteiger charge is -2.24. The Morgan fingerprint density at radius 1 is 1.29 bits per heavy atom. The molecule has 0 aliphatic rings. The lowest BCUT2D eigenvalue weighted by atomic mass is 9.90. The summed E-state index contributed by atoms with van der Waals surface area (Å²) < 4.78 is 25.7. The summed E-state index contributed by atoms with van der Waals surface area (Å²) in [6.45, 7) is 1.50. The van der Waals surface area contributed by atoms with Crippen LogP contribution < -0.4 is 5.73 Å². The molecule has 1 aromatic rings. The Labute approximate surface area is 81.4 Å². The second-order valence-corrected chi connectivity index (χ2v) is 3.55. The van der Waals surface area contributed by atoms with E-state index in [9.17, 15) is 8.78 Å². The quantitative estimate of drug-likeness (QED) is 0.778. The predicted molar refractivity (Wildman–Crippen MR) is 49.6 cm³/mol. The molecule has 78 valence electrons. The fourth-order valence-electron chi connectivity index (χ4n) is 1.26. The van der Waals surface area contributed by atoms with Crippen molar-refractivity contribution in [3.8, 4) is 0 Å². The smallest absolute Gasteiger partial charge is 0.126 e. The summed E-state index contributed by atoms with van der Waals surface area (Å²) in [5, 5.41) is 8.73. The van der Waals surface area contributed by atoms with E-state index in [4.69, 9.17) is 10.8 Å². The third-order valence-electron chi connectivity index (χ3n) is 2.15. The fourth-order valence-corrected chi connectivity index (χ4v) is 1.26. The summed E-state index contributed by atoms with van der Waals surface area (Å²) in [6, 6.07) is 3.15. The van der Waals surface area contributed by atoms with Crippen LogP contribution in [-0.4, -0.2) is 11.7 Å². The van der Waals surface area contributed by atoms with E-state index in [1.165, 1.54) is 12.1 Å². The largest absolute Gasteiger partial charge is 0.396 e. The Bertz CT molecular complexity index is 306. The van der Waals surface area contributed by atoms with Crippen LogP contribution in [0.4, 0.5) is 8.78 Å². The molecule has 0 bridgehead atoms. The Morgan fingerprint density at radius 2 is 1.79 bits per heavy atom. The van der Waals surface area contributed by atoms with Crippen LogP contribution in [0, 0.1) is 11.6 Å². The van der Waals surface area contributed by atoms with Crippen LogP contribution in [0.15, 0.2) is 18.2 Å². The van der Waals surface area contributed by atoms with Gasteiger partial charge in [-0.25, -0.2) is 8.78 Å². The molecule has 0 radical (unpaired) electrons. The first-order valence-corrected chi connectivity index (χ1v) is 4.32. The average molecular weight is 201 g/mol. The van der Waals surface area contributed by atoms with Gasteiger partial charge in [-0.1, -0.05) is 0 Å². The maximum atomic E-state index is 12.8. The monoisotopic (exact) mass is 201 g/mol. The second kappa shape index (κ2) is 4.02. The zero-order valence-electron chi connectivity index (χ0n) is 7.93. The van der Waals surface area contributed by atoms with Crippen LogP contribution >= 0.6 is 0 Å². The summed E-state index contributed by atoms with van der Waals surface area (Å²) in [5.74, 6) is -1.32. The molecule has 0 amide bonds. The minimum absolute atomic E-state index is 0.120.